The molecule has 3 aromatic carbocycles. The third-order valence-electron chi connectivity index (χ3n) is 16.5. The summed E-state index contributed by atoms with van der Waals surface area (Å²) >= 11 is 1.46. The molecule has 3 unspecified atom stereocenters. The molecule has 6 aliphatic rings. The third kappa shape index (κ3) is 7.82. The van der Waals surface area contributed by atoms with Crippen molar-refractivity contribution in [3.63, 3.8) is 0 Å². The Morgan fingerprint density at radius 1 is 0.741 bits per heavy atom. The number of fused-ring (bicyclic) bond motifs is 6. The van der Waals surface area contributed by atoms with Crippen LogP contribution in [0.2, 0.25) is 0 Å². The monoisotopic (exact) mass is 886 g/mol. The van der Waals surface area contributed by atoms with Gasteiger partial charge in [-0.05, 0) is 40.6 Å². The topological polar surface area (TPSA) is 0 Å². The minimum absolute atomic E-state index is 0. The Kier molecular flexibility index (Phi) is 14.4. The summed E-state index contributed by atoms with van der Waals surface area (Å²) in [6, 6.07) is 30.3. The normalized spacial score (nSPS) is 26.1. The molecule has 0 spiro atoms. The number of allylic oxidation sites excluding steroid dienone is 10. The van der Waals surface area contributed by atoms with E-state index in [1.807, 2.05) is 0 Å². The molecule has 0 aromatic heterocycles. The van der Waals surface area contributed by atoms with Gasteiger partial charge in [-0.1, -0.05) is 171 Å². The molecule has 0 N–H and O–H groups in total. The van der Waals surface area contributed by atoms with E-state index in [-0.39, 0.29) is 46.5 Å². The van der Waals surface area contributed by atoms with Crippen LogP contribution in [0.1, 0.15) is 136 Å². The number of halogens is 2. The standard InChI is InChI=1S/C29H37.C13H19.C13H10.2ClH.Zr/c1-18-25-22-17-19-13-9-10-14-20(19)24(22)21-15-11-12-16-23(21)29(25,8)28(6,7)27(4,5)26(18,2)3;1-11-6-7-12(10-11)13(2)8-4-3-5-9-13;1-3-7-12(8-4-1)11-13-9-5-2-6-10-13;;;/h9-11,13-15,23H,12,16-17H2,1-8H3;7,10-11H,3-5,8-9H2,1-2H3;1-10H;2*1H;/q2*-1;;;;+2/p-2. The molecule has 306 valence electrons. The van der Waals surface area contributed by atoms with Crippen molar-refractivity contribution in [2.24, 2.45) is 38.9 Å². The van der Waals surface area contributed by atoms with E-state index < -0.39 is 0 Å². The van der Waals surface area contributed by atoms with Crippen LogP contribution in [-0.2, 0) is 30.7 Å². The number of rotatable bonds is 3. The fraction of sp³-hybridized carbons (Fsp3) is 0.455. The Balaban J connectivity index is 0.000000185. The van der Waals surface area contributed by atoms with Crippen LogP contribution in [0.5, 0.6) is 0 Å². The van der Waals surface area contributed by atoms with Crippen LogP contribution in [0.4, 0.5) is 0 Å². The van der Waals surface area contributed by atoms with Crippen LogP contribution >= 0.6 is 0 Å². The first-order valence-corrected chi connectivity index (χ1v) is 22.9. The van der Waals surface area contributed by atoms with Gasteiger partial charge in [0, 0.05) is 0 Å². The Hall–Kier alpha value is -2.44. The van der Waals surface area contributed by atoms with Crippen LogP contribution in [0.25, 0.3) is 5.57 Å². The first-order chi connectivity index (χ1) is 26.6. The first-order valence-electron chi connectivity index (χ1n) is 21.6. The van der Waals surface area contributed by atoms with Gasteiger partial charge in [-0.25, -0.2) is 12.0 Å². The summed E-state index contributed by atoms with van der Waals surface area (Å²) in [6.45, 7) is 24.9. The van der Waals surface area contributed by atoms with Crippen molar-refractivity contribution in [3.05, 3.63) is 166 Å². The predicted octanol–water partition coefficient (Wildman–Crippen LogP) is 8.67. The average Bonchev–Trinajstić information content (AvgIpc) is 3.83. The Morgan fingerprint density at radius 3 is 1.88 bits per heavy atom. The van der Waals surface area contributed by atoms with Crippen molar-refractivity contribution in [1.82, 2.24) is 0 Å². The van der Waals surface area contributed by atoms with E-state index in [1.54, 1.807) is 33.8 Å². The van der Waals surface area contributed by atoms with E-state index in [0.717, 1.165) is 6.42 Å². The Morgan fingerprint density at radius 2 is 1.31 bits per heavy atom. The fourth-order valence-corrected chi connectivity index (χ4v) is 12.3. The van der Waals surface area contributed by atoms with Crippen molar-refractivity contribution in [3.8, 4) is 0 Å². The van der Waals surface area contributed by atoms with E-state index in [9.17, 15) is 0 Å². The summed E-state index contributed by atoms with van der Waals surface area (Å²) in [5.41, 5.74) is 15.0. The van der Waals surface area contributed by atoms with Crippen molar-refractivity contribution in [1.29, 1.82) is 0 Å². The maximum absolute atomic E-state index is 3.37. The molecule has 0 amide bonds. The van der Waals surface area contributed by atoms with Gasteiger partial charge < -0.3 is 24.8 Å². The van der Waals surface area contributed by atoms with Crippen LogP contribution < -0.4 is 24.8 Å². The minimum atomic E-state index is 0. The zero-order chi connectivity index (χ0) is 40.1. The van der Waals surface area contributed by atoms with Gasteiger partial charge in [-0.2, -0.15) is 22.8 Å². The van der Waals surface area contributed by atoms with Crippen LogP contribution in [-0.4, -0.2) is 3.21 Å². The van der Waals surface area contributed by atoms with Crippen LogP contribution in [0.3, 0.4) is 0 Å². The summed E-state index contributed by atoms with van der Waals surface area (Å²) in [5, 5.41) is 0. The van der Waals surface area contributed by atoms with Crippen molar-refractivity contribution >= 4 is 8.78 Å². The van der Waals surface area contributed by atoms with Gasteiger partial charge in [-0.15, -0.1) is 6.92 Å². The second-order valence-electron chi connectivity index (χ2n) is 19.7. The zero-order valence-electron chi connectivity index (χ0n) is 37.0. The van der Waals surface area contributed by atoms with Crippen LogP contribution in [0, 0.1) is 50.9 Å². The summed E-state index contributed by atoms with van der Waals surface area (Å²) in [7, 11) is 0. The van der Waals surface area contributed by atoms with Gasteiger partial charge in [0.1, 0.15) is 0 Å². The fourth-order valence-electron chi connectivity index (χ4n) is 11.5. The van der Waals surface area contributed by atoms with Crippen LogP contribution in [0.15, 0.2) is 132 Å². The molecule has 9 rings (SSSR count). The molecular formula is C55H66Cl2Zr-2. The molecule has 2 fully saturated rings. The average molecular weight is 889 g/mol. The molecule has 0 nitrogen and oxygen atoms in total. The molecule has 0 heterocycles. The molecule has 58 heavy (non-hydrogen) atoms. The number of hydrogen-bond acceptors (Lipinski definition) is 0. The predicted molar refractivity (Wildman–Crippen MR) is 237 cm³/mol. The first kappa shape index (κ1) is 46.6. The summed E-state index contributed by atoms with van der Waals surface area (Å²) in [4.78, 5) is 0. The molecule has 6 aliphatic carbocycles. The quantitative estimate of drug-likeness (QED) is 0.231. The summed E-state index contributed by atoms with van der Waals surface area (Å²) in [5.74, 6) is 2.79. The molecule has 3 heteroatoms. The van der Waals surface area contributed by atoms with Crippen molar-refractivity contribution in [2.75, 3.05) is 0 Å². The molecular weight excluding hydrogens is 823 g/mol. The van der Waals surface area contributed by atoms with Crippen molar-refractivity contribution < 1.29 is 49.0 Å². The van der Waals surface area contributed by atoms with Gasteiger partial charge >= 0.3 is 99.2 Å². The van der Waals surface area contributed by atoms with E-state index in [0.29, 0.717) is 17.3 Å². The van der Waals surface area contributed by atoms with Crippen molar-refractivity contribution in [2.45, 2.75) is 121 Å². The van der Waals surface area contributed by atoms with Gasteiger partial charge in [-0.3, -0.25) is 6.08 Å². The Bertz CT molecular complexity index is 2060. The molecule has 0 saturated heterocycles. The van der Waals surface area contributed by atoms with Gasteiger partial charge in [0.25, 0.3) is 0 Å². The molecule has 3 aromatic rings. The van der Waals surface area contributed by atoms with E-state index in [2.05, 4.69) is 185 Å². The molecule has 0 bridgehead atoms. The SMILES string of the molecule is CC1[C-]=CC(C2(C)CCCCC2)=C1.C[C-]1C2=C3Cc4ccccc4C3=C3C=CCCC3C2(C)C(C)(C)C(C)(C)C1(C)C.[Cl-].[Cl-].[Zr+2]=[C](c1ccccc1)c1ccccc1. The third-order valence-corrected chi connectivity index (χ3v) is 17.9. The number of benzene rings is 3. The second kappa shape index (κ2) is 17.9. The van der Waals surface area contributed by atoms with E-state index in [1.165, 1.54) is 94.6 Å². The summed E-state index contributed by atoms with van der Waals surface area (Å²) in [6.07, 6.45) is 23.5. The van der Waals surface area contributed by atoms with Gasteiger partial charge in [0.2, 0.25) is 0 Å². The molecule has 0 aliphatic heterocycles. The maximum atomic E-state index is 3.37. The van der Waals surface area contributed by atoms with E-state index in [4.69, 9.17) is 0 Å². The number of hydrogen-bond donors (Lipinski definition) is 0. The molecule has 0 radical (unpaired) electrons. The molecule has 2 saturated carbocycles. The van der Waals surface area contributed by atoms with E-state index >= 15 is 0 Å². The zero-order valence-corrected chi connectivity index (χ0v) is 40.9. The Labute approximate surface area is 380 Å². The van der Waals surface area contributed by atoms with Gasteiger partial charge in [0.05, 0.1) is 0 Å². The summed E-state index contributed by atoms with van der Waals surface area (Å²) < 4.78 is 1.42. The molecule has 3 atom stereocenters. The second-order valence-corrected chi connectivity index (χ2v) is 20.9. The van der Waals surface area contributed by atoms with Gasteiger partial charge in [0.15, 0.2) is 0 Å².